The average molecular weight is 335 g/mol. The molecule has 0 bridgehead atoms. The summed E-state index contributed by atoms with van der Waals surface area (Å²) >= 11 is 3.39. The average Bonchev–Trinajstić information content (AvgIpc) is 2.69. The molecule has 0 spiro atoms. The monoisotopic (exact) mass is 334 g/mol. The van der Waals surface area contributed by atoms with Crippen LogP contribution in [0.1, 0.15) is 11.1 Å². The Hall–Kier alpha value is -1.59. The fraction of sp³-hybridized carbons (Fsp3) is 0.267. The first kappa shape index (κ1) is 13.4. The zero-order valence-corrected chi connectivity index (χ0v) is 12.5. The standard InChI is InChI=1S/C15H15BrN2O2/c16-13-7-12(10-19)15(17-8-13)18-5-6-20-14-4-2-1-3-11(14)9-18/h1-4,7-8,19H,5-6,9-10H2. The van der Waals surface area contributed by atoms with Gasteiger partial charge in [0.05, 0.1) is 13.2 Å². The molecule has 4 nitrogen and oxygen atoms in total. The second kappa shape index (κ2) is 5.81. The van der Waals surface area contributed by atoms with Crippen molar-refractivity contribution < 1.29 is 9.84 Å². The Balaban J connectivity index is 1.95. The molecule has 0 aliphatic carbocycles. The summed E-state index contributed by atoms with van der Waals surface area (Å²) in [5.74, 6) is 1.74. The molecule has 0 saturated heterocycles. The Bertz CT molecular complexity index is 619. The number of aliphatic hydroxyl groups is 1. The number of hydrogen-bond donors (Lipinski definition) is 1. The molecular weight excluding hydrogens is 320 g/mol. The minimum absolute atomic E-state index is 0.0270. The lowest BCUT2D eigenvalue weighted by atomic mass is 10.2. The van der Waals surface area contributed by atoms with Gasteiger partial charge in [-0.05, 0) is 28.1 Å². The Kier molecular flexibility index (Phi) is 3.89. The number of rotatable bonds is 2. The van der Waals surface area contributed by atoms with Gasteiger partial charge in [-0.3, -0.25) is 0 Å². The van der Waals surface area contributed by atoms with Gasteiger partial charge in [-0.1, -0.05) is 18.2 Å². The van der Waals surface area contributed by atoms with E-state index in [2.05, 4.69) is 31.9 Å². The van der Waals surface area contributed by atoms with Gasteiger partial charge in [0.1, 0.15) is 18.2 Å². The number of anilines is 1. The highest BCUT2D eigenvalue weighted by Crippen LogP contribution is 2.28. The summed E-state index contributed by atoms with van der Waals surface area (Å²) in [6.45, 7) is 2.06. The van der Waals surface area contributed by atoms with Gasteiger partial charge in [-0.2, -0.15) is 0 Å². The normalized spacial score (nSPS) is 14.4. The van der Waals surface area contributed by atoms with Gasteiger partial charge < -0.3 is 14.7 Å². The highest BCUT2D eigenvalue weighted by molar-refractivity contribution is 9.10. The lowest BCUT2D eigenvalue weighted by Gasteiger charge is -2.23. The molecule has 0 fully saturated rings. The number of para-hydroxylation sites is 1. The highest BCUT2D eigenvalue weighted by Gasteiger charge is 2.18. The smallest absolute Gasteiger partial charge is 0.134 e. The molecule has 0 saturated carbocycles. The SMILES string of the molecule is OCc1cc(Br)cnc1N1CCOc2ccccc2C1. The van der Waals surface area contributed by atoms with Crippen LogP contribution in [0, 0.1) is 0 Å². The fourth-order valence-corrected chi connectivity index (χ4v) is 2.76. The third-order valence-corrected chi connectivity index (χ3v) is 3.77. The molecule has 20 heavy (non-hydrogen) atoms. The van der Waals surface area contributed by atoms with Crippen LogP contribution in [0.5, 0.6) is 5.75 Å². The van der Waals surface area contributed by atoms with Crippen LogP contribution >= 0.6 is 15.9 Å². The van der Waals surface area contributed by atoms with Crippen LogP contribution in [0.2, 0.25) is 0 Å². The zero-order chi connectivity index (χ0) is 13.9. The molecule has 0 amide bonds. The van der Waals surface area contributed by atoms with Crippen molar-refractivity contribution in [1.29, 1.82) is 0 Å². The summed E-state index contributed by atoms with van der Waals surface area (Å²) in [6, 6.07) is 9.94. The van der Waals surface area contributed by atoms with Crippen molar-refractivity contribution in [3.8, 4) is 5.75 Å². The molecular formula is C15H15BrN2O2. The van der Waals surface area contributed by atoms with E-state index in [-0.39, 0.29) is 6.61 Å². The summed E-state index contributed by atoms with van der Waals surface area (Å²) in [7, 11) is 0. The number of benzene rings is 1. The second-order valence-corrected chi connectivity index (χ2v) is 5.59. The van der Waals surface area contributed by atoms with Crippen LogP contribution in [-0.4, -0.2) is 23.2 Å². The van der Waals surface area contributed by atoms with Gasteiger partial charge in [0.15, 0.2) is 0 Å². The number of halogens is 1. The summed E-state index contributed by atoms with van der Waals surface area (Å²) in [6.07, 6.45) is 1.76. The Morgan fingerprint density at radius 3 is 3.05 bits per heavy atom. The molecule has 3 rings (SSSR count). The molecule has 1 aromatic heterocycles. The first-order valence-corrected chi connectivity index (χ1v) is 7.28. The number of ether oxygens (including phenoxy) is 1. The maximum Gasteiger partial charge on any atom is 0.134 e. The summed E-state index contributed by atoms with van der Waals surface area (Å²) < 4.78 is 6.63. The maximum atomic E-state index is 9.52. The molecule has 0 atom stereocenters. The summed E-state index contributed by atoms with van der Waals surface area (Å²) in [4.78, 5) is 6.59. The van der Waals surface area contributed by atoms with E-state index in [0.29, 0.717) is 6.61 Å². The van der Waals surface area contributed by atoms with E-state index in [4.69, 9.17) is 4.74 Å². The Morgan fingerprint density at radius 1 is 1.35 bits per heavy atom. The largest absolute Gasteiger partial charge is 0.491 e. The molecule has 2 heterocycles. The van der Waals surface area contributed by atoms with Crippen molar-refractivity contribution in [2.24, 2.45) is 0 Å². The molecule has 1 aliphatic rings. The number of fused-ring (bicyclic) bond motifs is 1. The van der Waals surface area contributed by atoms with Crippen LogP contribution in [0.25, 0.3) is 0 Å². The third kappa shape index (κ3) is 2.64. The molecule has 1 aromatic carbocycles. The van der Waals surface area contributed by atoms with E-state index in [1.165, 1.54) is 0 Å². The molecule has 0 unspecified atom stereocenters. The molecule has 104 valence electrons. The number of aliphatic hydroxyl groups excluding tert-OH is 1. The van der Waals surface area contributed by atoms with Crippen molar-refractivity contribution in [3.63, 3.8) is 0 Å². The first-order valence-electron chi connectivity index (χ1n) is 6.49. The predicted octanol–water partition coefficient (Wildman–Crippen LogP) is 2.74. The van der Waals surface area contributed by atoms with Gasteiger partial charge in [-0.15, -0.1) is 0 Å². The maximum absolute atomic E-state index is 9.52. The number of pyridine rings is 1. The van der Waals surface area contributed by atoms with E-state index < -0.39 is 0 Å². The second-order valence-electron chi connectivity index (χ2n) is 4.67. The van der Waals surface area contributed by atoms with Gasteiger partial charge in [-0.25, -0.2) is 4.98 Å². The molecule has 1 aliphatic heterocycles. The van der Waals surface area contributed by atoms with Crippen LogP contribution < -0.4 is 9.64 Å². The Labute approximate surface area is 126 Å². The van der Waals surface area contributed by atoms with E-state index >= 15 is 0 Å². The van der Waals surface area contributed by atoms with Gasteiger partial charge >= 0.3 is 0 Å². The summed E-state index contributed by atoms with van der Waals surface area (Å²) in [5, 5.41) is 9.52. The predicted molar refractivity (Wildman–Crippen MR) is 80.8 cm³/mol. The van der Waals surface area contributed by atoms with E-state index in [0.717, 1.165) is 40.3 Å². The van der Waals surface area contributed by atoms with Crippen LogP contribution in [0.4, 0.5) is 5.82 Å². The van der Waals surface area contributed by atoms with Crippen molar-refractivity contribution in [2.75, 3.05) is 18.1 Å². The minimum Gasteiger partial charge on any atom is -0.491 e. The lowest BCUT2D eigenvalue weighted by Crippen LogP contribution is -2.27. The topological polar surface area (TPSA) is 45.6 Å². The van der Waals surface area contributed by atoms with Gasteiger partial charge in [0.2, 0.25) is 0 Å². The molecule has 2 aromatic rings. The zero-order valence-electron chi connectivity index (χ0n) is 10.9. The van der Waals surface area contributed by atoms with Crippen LogP contribution in [0.3, 0.4) is 0 Å². The molecule has 1 N–H and O–H groups in total. The van der Waals surface area contributed by atoms with E-state index in [1.54, 1.807) is 6.20 Å². The lowest BCUT2D eigenvalue weighted by molar-refractivity contribution is 0.281. The quantitative estimate of drug-likeness (QED) is 0.917. The van der Waals surface area contributed by atoms with Crippen molar-refractivity contribution in [2.45, 2.75) is 13.2 Å². The minimum atomic E-state index is -0.0270. The number of hydrogen-bond acceptors (Lipinski definition) is 4. The van der Waals surface area contributed by atoms with Crippen molar-refractivity contribution in [3.05, 3.63) is 52.1 Å². The van der Waals surface area contributed by atoms with E-state index in [1.807, 2.05) is 24.3 Å². The highest BCUT2D eigenvalue weighted by atomic mass is 79.9. The van der Waals surface area contributed by atoms with Crippen LogP contribution in [0.15, 0.2) is 41.0 Å². The summed E-state index contributed by atoms with van der Waals surface area (Å²) in [5.41, 5.74) is 1.96. The number of nitrogens with zero attached hydrogens (tertiary/aromatic N) is 2. The van der Waals surface area contributed by atoms with Gasteiger partial charge in [0.25, 0.3) is 0 Å². The molecule has 0 radical (unpaired) electrons. The number of aromatic nitrogens is 1. The van der Waals surface area contributed by atoms with E-state index in [9.17, 15) is 5.11 Å². The molecule has 5 heteroatoms. The Morgan fingerprint density at radius 2 is 2.20 bits per heavy atom. The third-order valence-electron chi connectivity index (χ3n) is 3.33. The first-order chi connectivity index (χ1) is 9.78. The van der Waals surface area contributed by atoms with Gasteiger partial charge in [0, 0.05) is 28.3 Å². The van der Waals surface area contributed by atoms with Crippen molar-refractivity contribution in [1.82, 2.24) is 4.98 Å². The van der Waals surface area contributed by atoms with Crippen LogP contribution in [-0.2, 0) is 13.2 Å². The van der Waals surface area contributed by atoms with Crippen molar-refractivity contribution >= 4 is 21.7 Å². The fourth-order valence-electron chi connectivity index (χ4n) is 2.38.